The number of nitrogens with one attached hydrogen (secondary N) is 1. The molecule has 0 fully saturated rings. The van der Waals surface area contributed by atoms with Gasteiger partial charge in [0, 0.05) is 22.3 Å². The molecule has 0 unspecified atom stereocenters. The monoisotopic (exact) mass is 318 g/mol. The number of nitrogens with two attached hydrogens (primary N) is 1. The second kappa shape index (κ2) is 5.99. The van der Waals surface area contributed by atoms with Gasteiger partial charge in [0.2, 0.25) is 0 Å². The molecule has 98 valence electrons. The van der Waals surface area contributed by atoms with E-state index in [4.69, 9.17) is 5.73 Å². The number of amides is 1. The van der Waals surface area contributed by atoms with Gasteiger partial charge in [-0.1, -0.05) is 28.1 Å². The first-order valence-corrected chi connectivity index (χ1v) is 6.76. The Morgan fingerprint density at radius 3 is 2.47 bits per heavy atom. The fourth-order valence-electron chi connectivity index (χ4n) is 1.75. The van der Waals surface area contributed by atoms with Gasteiger partial charge in [-0.2, -0.15) is 0 Å². The van der Waals surface area contributed by atoms with Crippen LogP contribution < -0.4 is 11.1 Å². The summed E-state index contributed by atoms with van der Waals surface area (Å²) in [4.78, 5) is 12.1. The van der Waals surface area contributed by atoms with Gasteiger partial charge >= 0.3 is 0 Å². The average molecular weight is 319 g/mol. The number of benzene rings is 2. The van der Waals surface area contributed by atoms with Crippen molar-refractivity contribution in [1.29, 1.82) is 0 Å². The standard InChI is InChI=1S/C15H15BrN2O/c1-10-8-13(16)6-7-14(10)18-15(19)12-4-2-11(9-17)3-5-12/h2-8H,9,17H2,1H3,(H,18,19). The van der Waals surface area contributed by atoms with Crippen molar-refractivity contribution in [1.82, 2.24) is 0 Å². The molecule has 3 nitrogen and oxygen atoms in total. The van der Waals surface area contributed by atoms with E-state index in [1.807, 2.05) is 37.3 Å². The molecular weight excluding hydrogens is 304 g/mol. The minimum Gasteiger partial charge on any atom is -0.326 e. The van der Waals surface area contributed by atoms with E-state index in [2.05, 4.69) is 21.2 Å². The lowest BCUT2D eigenvalue weighted by atomic mass is 10.1. The number of rotatable bonds is 3. The number of halogens is 1. The maximum absolute atomic E-state index is 12.1. The van der Waals surface area contributed by atoms with E-state index in [1.165, 1.54) is 0 Å². The van der Waals surface area contributed by atoms with Gasteiger partial charge in [-0.3, -0.25) is 4.79 Å². The Labute approximate surface area is 121 Å². The van der Waals surface area contributed by atoms with Gasteiger partial charge in [-0.25, -0.2) is 0 Å². The summed E-state index contributed by atoms with van der Waals surface area (Å²) in [5.41, 5.74) is 8.99. The van der Waals surface area contributed by atoms with Crippen molar-refractivity contribution in [2.75, 3.05) is 5.32 Å². The lowest BCUT2D eigenvalue weighted by Gasteiger charge is -2.09. The zero-order chi connectivity index (χ0) is 13.8. The van der Waals surface area contributed by atoms with Crippen LogP contribution in [0, 0.1) is 6.92 Å². The van der Waals surface area contributed by atoms with Crippen molar-refractivity contribution in [2.45, 2.75) is 13.5 Å². The number of hydrogen-bond donors (Lipinski definition) is 2. The van der Waals surface area contributed by atoms with Crippen LogP contribution in [-0.4, -0.2) is 5.91 Å². The Kier molecular flexibility index (Phi) is 4.35. The SMILES string of the molecule is Cc1cc(Br)ccc1NC(=O)c1ccc(CN)cc1. The molecule has 19 heavy (non-hydrogen) atoms. The van der Waals surface area contributed by atoms with Crippen LogP contribution in [0.3, 0.4) is 0 Å². The van der Waals surface area contributed by atoms with Gasteiger partial charge in [0.15, 0.2) is 0 Å². The summed E-state index contributed by atoms with van der Waals surface area (Å²) in [6.07, 6.45) is 0. The molecule has 2 aromatic rings. The molecule has 0 saturated heterocycles. The van der Waals surface area contributed by atoms with Crippen LogP contribution in [0.25, 0.3) is 0 Å². The van der Waals surface area contributed by atoms with Crippen molar-refractivity contribution in [2.24, 2.45) is 5.73 Å². The Morgan fingerprint density at radius 1 is 1.21 bits per heavy atom. The van der Waals surface area contributed by atoms with E-state index in [-0.39, 0.29) is 5.91 Å². The maximum Gasteiger partial charge on any atom is 0.255 e. The van der Waals surface area contributed by atoms with Crippen LogP contribution in [0.15, 0.2) is 46.9 Å². The summed E-state index contributed by atoms with van der Waals surface area (Å²) in [5, 5.41) is 2.90. The van der Waals surface area contributed by atoms with Crippen LogP contribution in [0.5, 0.6) is 0 Å². The van der Waals surface area contributed by atoms with Crippen molar-refractivity contribution in [3.05, 3.63) is 63.6 Å². The molecule has 0 aliphatic heterocycles. The number of aryl methyl sites for hydroxylation is 1. The van der Waals surface area contributed by atoms with Gasteiger partial charge in [0.1, 0.15) is 0 Å². The van der Waals surface area contributed by atoms with Crippen LogP contribution >= 0.6 is 15.9 Å². The molecule has 4 heteroatoms. The van der Waals surface area contributed by atoms with Crippen LogP contribution in [0.2, 0.25) is 0 Å². The molecule has 0 aliphatic rings. The predicted octanol–water partition coefficient (Wildman–Crippen LogP) is 3.47. The third kappa shape index (κ3) is 3.43. The Morgan fingerprint density at radius 2 is 1.89 bits per heavy atom. The first-order valence-electron chi connectivity index (χ1n) is 5.96. The fourth-order valence-corrected chi connectivity index (χ4v) is 2.23. The average Bonchev–Trinajstić information content (AvgIpc) is 2.42. The largest absolute Gasteiger partial charge is 0.326 e. The highest BCUT2D eigenvalue weighted by molar-refractivity contribution is 9.10. The highest BCUT2D eigenvalue weighted by Gasteiger charge is 2.07. The van der Waals surface area contributed by atoms with Gasteiger partial charge in [0.05, 0.1) is 0 Å². The third-order valence-corrected chi connectivity index (χ3v) is 3.38. The predicted molar refractivity (Wildman–Crippen MR) is 81.2 cm³/mol. The van der Waals surface area contributed by atoms with Gasteiger partial charge in [-0.15, -0.1) is 0 Å². The highest BCUT2D eigenvalue weighted by Crippen LogP contribution is 2.20. The molecule has 1 amide bonds. The van der Waals surface area contributed by atoms with Gasteiger partial charge in [-0.05, 0) is 48.4 Å². The van der Waals surface area contributed by atoms with E-state index < -0.39 is 0 Å². The number of carbonyl (C=O) groups excluding carboxylic acids is 1. The zero-order valence-electron chi connectivity index (χ0n) is 10.6. The Bertz CT molecular complexity index is 594. The quantitative estimate of drug-likeness (QED) is 0.910. The molecule has 0 aromatic heterocycles. The molecule has 2 rings (SSSR count). The molecule has 0 spiro atoms. The summed E-state index contributed by atoms with van der Waals surface area (Å²) < 4.78 is 0.996. The molecule has 0 radical (unpaired) electrons. The van der Waals surface area contributed by atoms with Crippen LogP contribution in [0.4, 0.5) is 5.69 Å². The molecular formula is C15H15BrN2O. The minimum absolute atomic E-state index is 0.117. The highest BCUT2D eigenvalue weighted by atomic mass is 79.9. The summed E-state index contributed by atoms with van der Waals surface area (Å²) in [5.74, 6) is -0.117. The van der Waals surface area contributed by atoms with Crippen molar-refractivity contribution < 1.29 is 4.79 Å². The molecule has 3 N–H and O–H groups in total. The van der Waals surface area contributed by atoms with E-state index >= 15 is 0 Å². The van der Waals surface area contributed by atoms with Crippen molar-refractivity contribution in [3.63, 3.8) is 0 Å². The second-order valence-corrected chi connectivity index (χ2v) is 5.23. The molecule has 0 aliphatic carbocycles. The third-order valence-electron chi connectivity index (χ3n) is 2.89. The topological polar surface area (TPSA) is 55.1 Å². The maximum atomic E-state index is 12.1. The van der Waals surface area contributed by atoms with Crippen molar-refractivity contribution >= 4 is 27.5 Å². The van der Waals surface area contributed by atoms with E-state index in [9.17, 15) is 4.79 Å². The first-order chi connectivity index (χ1) is 9.10. The van der Waals surface area contributed by atoms with E-state index in [1.54, 1.807) is 12.1 Å². The zero-order valence-corrected chi connectivity index (χ0v) is 12.2. The fraction of sp³-hybridized carbons (Fsp3) is 0.133. The Hall–Kier alpha value is -1.65. The summed E-state index contributed by atoms with van der Waals surface area (Å²) in [7, 11) is 0. The normalized spacial score (nSPS) is 10.3. The van der Waals surface area contributed by atoms with Gasteiger partial charge < -0.3 is 11.1 Å². The first kappa shape index (κ1) is 13.8. The summed E-state index contributed by atoms with van der Waals surface area (Å²) in [6, 6.07) is 13.0. The molecule has 0 bridgehead atoms. The minimum atomic E-state index is -0.117. The summed E-state index contributed by atoms with van der Waals surface area (Å²) >= 11 is 3.40. The Balaban J connectivity index is 2.15. The van der Waals surface area contributed by atoms with Crippen molar-refractivity contribution in [3.8, 4) is 0 Å². The summed E-state index contributed by atoms with van der Waals surface area (Å²) in [6.45, 7) is 2.44. The number of carbonyl (C=O) groups is 1. The van der Waals surface area contributed by atoms with Gasteiger partial charge in [0.25, 0.3) is 5.91 Å². The second-order valence-electron chi connectivity index (χ2n) is 4.31. The van der Waals surface area contributed by atoms with E-state index in [0.29, 0.717) is 12.1 Å². The number of anilines is 1. The molecule has 0 heterocycles. The molecule has 2 aromatic carbocycles. The smallest absolute Gasteiger partial charge is 0.255 e. The molecule has 0 atom stereocenters. The van der Waals surface area contributed by atoms with E-state index in [0.717, 1.165) is 21.3 Å². The molecule has 0 saturated carbocycles. The lowest BCUT2D eigenvalue weighted by molar-refractivity contribution is 0.102. The van der Waals surface area contributed by atoms with Crippen LogP contribution in [-0.2, 0) is 6.54 Å². The number of hydrogen-bond acceptors (Lipinski definition) is 2. The lowest BCUT2D eigenvalue weighted by Crippen LogP contribution is -2.12. The van der Waals surface area contributed by atoms with Crippen LogP contribution in [0.1, 0.15) is 21.5 Å².